The number of rotatable bonds is 3. The topological polar surface area (TPSA) is 35.2 Å². The summed E-state index contributed by atoms with van der Waals surface area (Å²) in [6, 6.07) is 4.28. The molecule has 0 radical (unpaired) electrons. The number of nitrogens with two attached hydrogens (primary N) is 1. The molecular formula is C13H21NO. The van der Waals surface area contributed by atoms with E-state index in [0.29, 0.717) is 0 Å². The van der Waals surface area contributed by atoms with Crippen molar-refractivity contribution in [1.29, 1.82) is 0 Å². The predicted molar refractivity (Wildman–Crippen MR) is 64.3 cm³/mol. The van der Waals surface area contributed by atoms with Crippen LogP contribution in [0.2, 0.25) is 0 Å². The van der Waals surface area contributed by atoms with Crippen molar-refractivity contribution in [2.24, 2.45) is 5.73 Å². The van der Waals surface area contributed by atoms with E-state index in [-0.39, 0.29) is 12.1 Å². The van der Waals surface area contributed by atoms with Gasteiger partial charge in [0.25, 0.3) is 0 Å². The smallest absolute Gasteiger partial charge is 0.122 e. The molecule has 0 heterocycles. The SMILES string of the molecule is Cc1cc(C(C)N)c(C)cc1OC(C)C. The van der Waals surface area contributed by atoms with Crippen LogP contribution in [-0.4, -0.2) is 6.10 Å². The third kappa shape index (κ3) is 2.96. The third-order valence-electron chi connectivity index (χ3n) is 2.42. The van der Waals surface area contributed by atoms with Gasteiger partial charge in [0.05, 0.1) is 6.10 Å². The van der Waals surface area contributed by atoms with Crippen LogP contribution < -0.4 is 10.5 Å². The van der Waals surface area contributed by atoms with Crippen LogP contribution in [0.25, 0.3) is 0 Å². The average Bonchev–Trinajstić information content (AvgIpc) is 2.09. The maximum Gasteiger partial charge on any atom is 0.122 e. The summed E-state index contributed by atoms with van der Waals surface area (Å²) in [7, 11) is 0. The Bertz CT molecular complexity index is 343. The summed E-state index contributed by atoms with van der Waals surface area (Å²) in [5, 5.41) is 0. The van der Waals surface area contributed by atoms with Crippen LogP contribution in [0.5, 0.6) is 5.75 Å². The van der Waals surface area contributed by atoms with Gasteiger partial charge in [0.1, 0.15) is 5.75 Å². The molecule has 0 aliphatic rings. The largest absolute Gasteiger partial charge is 0.491 e. The summed E-state index contributed by atoms with van der Waals surface area (Å²) in [5.41, 5.74) is 9.45. The van der Waals surface area contributed by atoms with Gasteiger partial charge in [-0.2, -0.15) is 0 Å². The third-order valence-corrected chi connectivity index (χ3v) is 2.42. The molecule has 0 aromatic heterocycles. The standard InChI is InChI=1S/C13H21NO/c1-8(2)15-13-7-9(3)12(11(5)14)6-10(13)4/h6-8,11H,14H2,1-5H3. The van der Waals surface area contributed by atoms with Crippen molar-refractivity contribution >= 4 is 0 Å². The molecule has 1 aromatic rings. The molecule has 0 spiro atoms. The molecule has 2 N–H and O–H groups in total. The minimum Gasteiger partial charge on any atom is -0.491 e. The maximum atomic E-state index is 5.89. The summed E-state index contributed by atoms with van der Waals surface area (Å²) < 4.78 is 5.72. The Labute approximate surface area is 92.4 Å². The number of hydrogen-bond acceptors (Lipinski definition) is 2. The fraction of sp³-hybridized carbons (Fsp3) is 0.538. The number of ether oxygens (including phenoxy) is 1. The monoisotopic (exact) mass is 207 g/mol. The molecule has 2 heteroatoms. The Morgan fingerprint density at radius 1 is 1.07 bits per heavy atom. The van der Waals surface area contributed by atoms with E-state index in [0.717, 1.165) is 11.3 Å². The average molecular weight is 207 g/mol. The predicted octanol–water partition coefficient (Wildman–Crippen LogP) is 3.11. The van der Waals surface area contributed by atoms with E-state index in [1.807, 2.05) is 20.8 Å². The molecule has 0 aliphatic heterocycles. The van der Waals surface area contributed by atoms with Gasteiger partial charge in [-0.25, -0.2) is 0 Å². The highest BCUT2D eigenvalue weighted by atomic mass is 16.5. The van der Waals surface area contributed by atoms with E-state index in [1.165, 1.54) is 11.1 Å². The fourth-order valence-corrected chi connectivity index (χ4v) is 1.68. The maximum absolute atomic E-state index is 5.89. The Hall–Kier alpha value is -1.02. The summed E-state index contributed by atoms with van der Waals surface area (Å²) >= 11 is 0. The molecule has 1 rings (SSSR count). The van der Waals surface area contributed by atoms with Gasteiger partial charge in [-0.1, -0.05) is 6.07 Å². The van der Waals surface area contributed by atoms with Gasteiger partial charge in [0, 0.05) is 6.04 Å². The van der Waals surface area contributed by atoms with Crippen molar-refractivity contribution in [3.05, 3.63) is 28.8 Å². The molecule has 2 nitrogen and oxygen atoms in total. The number of benzene rings is 1. The van der Waals surface area contributed by atoms with Crippen LogP contribution in [0.4, 0.5) is 0 Å². The lowest BCUT2D eigenvalue weighted by molar-refractivity contribution is 0.240. The fourth-order valence-electron chi connectivity index (χ4n) is 1.68. The van der Waals surface area contributed by atoms with Crippen LogP contribution in [0.3, 0.4) is 0 Å². The van der Waals surface area contributed by atoms with Crippen LogP contribution in [0.1, 0.15) is 43.5 Å². The molecule has 15 heavy (non-hydrogen) atoms. The second-order valence-electron chi connectivity index (χ2n) is 4.43. The van der Waals surface area contributed by atoms with Crippen LogP contribution in [0, 0.1) is 13.8 Å². The van der Waals surface area contributed by atoms with Crippen molar-refractivity contribution < 1.29 is 4.74 Å². The van der Waals surface area contributed by atoms with Crippen molar-refractivity contribution in [2.75, 3.05) is 0 Å². The van der Waals surface area contributed by atoms with Crippen LogP contribution in [0.15, 0.2) is 12.1 Å². The van der Waals surface area contributed by atoms with Gasteiger partial charge < -0.3 is 10.5 Å². The zero-order valence-corrected chi connectivity index (χ0v) is 10.3. The molecule has 0 fully saturated rings. The van der Waals surface area contributed by atoms with E-state index in [1.54, 1.807) is 0 Å². The molecule has 0 saturated heterocycles. The molecule has 84 valence electrons. The van der Waals surface area contributed by atoms with Gasteiger partial charge in [0.2, 0.25) is 0 Å². The molecule has 0 amide bonds. The lowest BCUT2D eigenvalue weighted by Crippen LogP contribution is -2.10. The lowest BCUT2D eigenvalue weighted by atomic mass is 10.00. The van der Waals surface area contributed by atoms with Crippen LogP contribution in [-0.2, 0) is 0 Å². The Morgan fingerprint density at radius 3 is 2.13 bits per heavy atom. The molecule has 0 bridgehead atoms. The Balaban J connectivity index is 3.08. The highest BCUT2D eigenvalue weighted by Crippen LogP contribution is 2.26. The molecule has 1 unspecified atom stereocenters. The van der Waals surface area contributed by atoms with Gasteiger partial charge in [-0.15, -0.1) is 0 Å². The second kappa shape index (κ2) is 4.67. The van der Waals surface area contributed by atoms with E-state index in [9.17, 15) is 0 Å². The van der Waals surface area contributed by atoms with Gasteiger partial charge >= 0.3 is 0 Å². The molecular weight excluding hydrogens is 186 g/mol. The first-order chi connectivity index (χ1) is 6.91. The minimum atomic E-state index is 0.0804. The zero-order valence-electron chi connectivity index (χ0n) is 10.3. The first-order valence-corrected chi connectivity index (χ1v) is 5.45. The number of aryl methyl sites for hydroxylation is 2. The van der Waals surface area contributed by atoms with E-state index in [2.05, 4.69) is 26.0 Å². The molecule has 1 atom stereocenters. The summed E-state index contributed by atoms with van der Waals surface area (Å²) in [6.45, 7) is 10.2. The molecule has 1 aromatic carbocycles. The highest BCUT2D eigenvalue weighted by Gasteiger charge is 2.09. The summed E-state index contributed by atoms with van der Waals surface area (Å²) in [6.07, 6.45) is 0.212. The first-order valence-electron chi connectivity index (χ1n) is 5.45. The van der Waals surface area contributed by atoms with Crippen molar-refractivity contribution in [2.45, 2.75) is 46.8 Å². The Kier molecular flexibility index (Phi) is 3.75. The zero-order chi connectivity index (χ0) is 11.6. The second-order valence-corrected chi connectivity index (χ2v) is 4.43. The number of hydrogen-bond donors (Lipinski definition) is 1. The normalized spacial score (nSPS) is 13.0. The summed E-state index contributed by atoms with van der Waals surface area (Å²) in [4.78, 5) is 0. The van der Waals surface area contributed by atoms with E-state index in [4.69, 9.17) is 10.5 Å². The van der Waals surface area contributed by atoms with E-state index >= 15 is 0 Å². The van der Waals surface area contributed by atoms with Crippen molar-refractivity contribution in [3.63, 3.8) is 0 Å². The van der Waals surface area contributed by atoms with Gasteiger partial charge in [-0.3, -0.25) is 0 Å². The molecule has 0 saturated carbocycles. The van der Waals surface area contributed by atoms with E-state index < -0.39 is 0 Å². The van der Waals surface area contributed by atoms with Crippen molar-refractivity contribution in [3.8, 4) is 5.75 Å². The van der Waals surface area contributed by atoms with Crippen LogP contribution >= 0.6 is 0 Å². The van der Waals surface area contributed by atoms with Gasteiger partial charge in [-0.05, 0) is 57.4 Å². The molecule has 0 aliphatic carbocycles. The summed E-state index contributed by atoms with van der Waals surface area (Å²) in [5.74, 6) is 0.965. The first kappa shape index (κ1) is 12.1. The Morgan fingerprint density at radius 2 is 1.67 bits per heavy atom. The highest BCUT2D eigenvalue weighted by molar-refractivity contribution is 5.42. The quantitative estimate of drug-likeness (QED) is 0.826. The van der Waals surface area contributed by atoms with Gasteiger partial charge in [0.15, 0.2) is 0 Å². The minimum absolute atomic E-state index is 0.0804. The lowest BCUT2D eigenvalue weighted by Gasteiger charge is -2.17. The van der Waals surface area contributed by atoms with Crippen molar-refractivity contribution in [1.82, 2.24) is 0 Å².